The van der Waals surface area contributed by atoms with Crippen molar-refractivity contribution >= 4 is 22.6 Å². The highest BCUT2D eigenvalue weighted by atomic mass is 19.1. The predicted molar refractivity (Wildman–Crippen MR) is 142 cm³/mol. The van der Waals surface area contributed by atoms with Crippen LogP contribution in [0.4, 0.5) is 10.2 Å². The lowest BCUT2D eigenvalue weighted by molar-refractivity contribution is 0.0989. The van der Waals surface area contributed by atoms with Crippen molar-refractivity contribution < 1.29 is 9.18 Å². The van der Waals surface area contributed by atoms with Gasteiger partial charge in [-0.15, -0.1) is 0 Å². The Bertz CT molecular complexity index is 1560. The number of piperidine rings is 1. The number of ketones is 1. The van der Waals surface area contributed by atoms with Crippen molar-refractivity contribution in [2.24, 2.45) is 0 Å². The maximum Gasteiger partial charge on any atom is 0.170 e. The van der Waals surface area contributed by atoms with E-state index in [2.05, 4.69) is 33.8 Å². The maximum absolute atomic E-state index is 14.2. The summed E-state index contributed by atoms with van der Waals surface area (Å²) in [5.74, 6) is 5.98. The molecule has 1 saturated heterocycles. The minimum atomic E-state index is -0.505. The molecule has 1 aliphatic heterocycles. The number of nitrogens with two attached hydrogens (primary N) is 1. The van der Waals surface area contributed by atoms with Gasteiger partial charge in [0.25, 0.3) is 0 Å². The van der Waals surface area contributed by atoms with Gasteiger partial charge in [0.2, 0.25) is 0 Å². The molecule has 7 nitrogen and oxygen atoms in total. The summed E-state index contributed by atoms with van der Waals surface area (Å²) < 4.78 is 16.2. The first kappa shape index (κ1) is 24.6. The van der Waals surface area contributed by atoms with Crippen LogP contribution in [0.1, 0.15) is 57.2 Å². The molecule has 0 amide bonds. The molecule has 188 valence electrons. The predicted octanol–water partition coefficient (Wildman–Crippen LogP) is 4.26. The number of benzene rings is 2. The molecular formula is C29H29FN6O. The first-order valence-corrected chi connectivity index (χ1v) is 12.4. The largest absolute Gasteiger partial charge is 0.383 e. The van der Waals surface area contributed by atoms with Gasteiger partial charge in [-0.25, -0.2) is 19.0 Å². The van der Waals surface area contributed by atoms with Gasteiger partial charge in [0.05, 0.1) is 17.0 Å². The fourth-order valence-electron chi connectivity index (χ4n) is 4.75. The van der Waals surface area contributed by atoms with Crippen LogP contribution in [-0.2, 0) is 6.42 Å². The minimum absolute atomic E-state index is 0.0871. The van der Waals surface area contributed by atoms with Crippen LogP contribution in [0.5, 0.6) is 0 Å². The molecule has 3 heterocycles. The van der Waals surface area contributed by atoms with Crippen LogP contribution in [0.25, 0.3) is 11.0 Å². The molecule has 0 aliphatic carbocycles. The first-order valence-electron chi connectivity index (χ1n) is 12.4. The van der Waals surface area contributed by atoms with E-state index in [-0.39, 0.29) is 23.8 Å². The van der Waals surface area contributed by atoms with E-state index in [0.29, 0.717) is 22.5 Å². The zero-order valence-electron chi connectivity index (χ0n) is 21.3. The minimum Gasteiger partial charge on any atom is -0.383 e. The molecular weight excluding hydrogens is 467 g/mol. The molecule has 0 bridgehead atoms. The van der Waals surface area contributed by atoms with Gasteiger partial charge in [-0.05, 0) is 82.1 Å². The Kier molecular flexibility index (Phi) is 6.72. The average Bonchev–Trinajstić information content (AvgIpc) is 3.26. The third-order valence-electron chi connectivity index (χ3n) is 6.96. The molecule has 0 spiro atoms. The van der Waals surface area contributed by atoms with E-state index >= 15 is 0 Å². The lowest BCUT2D eigenvalue weighted by Gasteiger charge is -2.29. The van der Waals surface area contributed by atoms with Gasteiger partial charge in [-0.3, -0.25) is 4.79 Å². The topological polar surface area (TPSA) is 89.9 Å². The van der Waals surface area contributed by atoms with Crippen molar-refractivity contribution in [3.05, 3.63) is 82.1 Å². The first-order chi connectivity index (χ1) is 17.8. The number of likely N-dealkylation sites (tertiary alicyclic amines) is 1. The Morgan fingerprint density at radius 2 is 1.89 bits per heavy atom. The summed E-state index contributed by atoms with van der Waals surface area (Å²) in [4.78, 5) is 23.8. The number of anilines is 1. The number of Topliss-reactive ketones (excluding diaryl/α,β-unsaturated/α-hetero) is 1. The Hall–Kier alpha value is -4.09. The number of carbonyl (C=O) groups is 1. The molecule has 2 aromatic carbocycles. The number of aromatic nitrogens is 4. The van der Waals surface area contributed by atoms with Gasteiger partial charge in [0.1, 0.15) is 23.7 Å². The highest BCUT2D eigenvalue weighted by molar-refractivity contribution is 5.98. The van der Waals surface area contributed by atoms with Crippen molar-refractivity contribution in [3.8, 4) is 11.8 Å². The van der Waals surface area contributed by atoms with Crippen molar-refractivity contribution in [1.29, 1.82) is 0 Å². The summed E-state index contributed by atoms with van der Waals surface area (Å²) in [6.07, 6.45) is 3.50. The van der Waals surface area contributed by atoms with Gasteiger partial charge in [-0.2, -0.15) is 5.10 Å². The second-order valence-corrected chi connectivity index (χ2v) is 9.77. The van der Waals surface area contributed by atoms with Crippen LogP contribution < -0.4 is 5.73 Å². The monoisotopic (exact) mass is 496 g/mol. The number of hydrogen-bond acceptors (Lipinski definition) is 6. The van der Waals surface area contributed by atoms with Crippen LogP contribution in [-0.4, -0.2) is 50.6 Å². The highest BCUT2D eigenvalue weighted by Gasteiger charge is 2.24. The van der Waals surface area contributed by atoms with Gasteiger partial charge in [0, 0.05) is 12.0 Å². The van der Waals surface area contributed by atoms with E-state index in [4.69, 9.17) is 10.8 Å². The molecule has 37 heavy (non-hydrogen) atoms. The van der Waals surface area contributed by atoms with E-state index in [1.165, 1.54) is 12.4 Å². The molecule has 5 rings (SSSR count). The summed E-state index contributed by atoms with van der Waals surface area (Å²) >= 11 is 0. The van der Waals surface area contributed by atoms with E-state index in [1.54, 1.807) is 12.1 Å². The third-order valence-corrected chi connectivity index (χ3v) is 6.96. The van der Waals surface area contributed by atoms with E-state index in [9.17, 15) is 9.18 Å². The number of rotatable bonds is 4. The van der Waals surface area contributed by atoms with E-state index in [0.717, 1.165) is 48.2 Å². The maximum atomic E-state index is 14.2. The SMILES string of the molecule is Cc1ccc(F)c(C(=O)Cc2ccc(C)c(C#Cc3nn(C4CCN(C)CC4)c4ncnc(N)c34)c2)c1. The standard InChI is InChI=1S/C29H29FN6O/c1-18-4-8-24(30)23(14-18)26(37)16-20-6-5-19(2)21(15-20)7-9-25-27-28(31)32-17-33-29(27)36(34-25)22-10-12-35(3)13-11-22/h4-6,8,14-15,17,22H,10-13,16H2,1-3H3,(H2,31,32,33). The van der Waals surface area contributed by atoms with Crippen LogP contribution in [0.2, 0.25) is 0 Å². The summed E-state index contributed by atoms with van der Waals surface area (Å²) in [5.41, 5.74) is 10.9. The number of aryl methyl sites for hydroxylation is 2. The van der Waals surface area contributed by atoms with Crippen molar-refractivity contribution in [3.63, 3.8) is 0 Å². The molecule has 2 aromatic heterocycles. The Morgan fingerprint density at radius 1 is 1.11 bits per heavy atom. The van der Waals surface area contributed by atoms with Crippen LogP contribution in [0.3, 0.4) is 0 Å². The van der Waals surface area contributed by atoms with E-state index < -0.39 is 5.82 Å². The van der Waals surface area contributed by atoms with Gasteiger partial charge in [-0.1, -0.05) is 29.7 Å². The number of nitrogen functional groups attached to an aromatic ring is 1. The number of carbonyl (C=O) groups excluding carboxylic acids is 1. The van der Waals surface area contributed by atoms with Crippen LogP contribution >= 0.6 is 0 Å². The Balaban J connectivity index is 1.47. The fraction of sp³-hybridized carbons (Fsp3) is 0.310. The quantitative estimate of drug-likeness (QED) is 0.336. The molecule has 1 fully saturated rings. The smallest absolute Gasteiger partial charge is 0.170 e. The van der Waals surface area contributed by atoms with Crippen molar-refractivity contribution in [1.82, 2.24) is 24.6 Å². The fourth-order valence-corrected chi connectivity index (χ4v) is 4.75. The van der Waals surface area contributed by atoms with Gasteiger partial charge in [0.15, 0.2) is 11.4 Å². The molecule has 4 aromatic rings. The molecule has 0 saturated carbocycles. The molecule has 8 heteroatoms. The molecule has 0 atom stereocenters. The summed E-state index contributed by atoms with van der Waals surface area (Å²) in [6.45, 7) is 5.78. The lowest BCUT2D eigenvalue weighted by atomic mass is 9.98. The number of fused-ring (bicyclic) bond motifs is 1. The lowest BCUT2D eigenvalue weighted by Crippen LogP contribution is -2.32. The van der Waals surface area contributed by atoms with Crippen LogP contribution in [0.15, 0.2) is 42.7 Å². The molecule has 0 radical (unpaired) electrons. The second-order valence-electron chi connectivity index (χ2n) is 9.77. The van der Waals surface area contributed by atoms with Gasteiger partial charge >= 0.3 is 0 Å². The number of hydrogen-bond donors (Lipinski definition) is 1. The summed E-state index contributed by atoms with van der Waals surface area (Å²) in [5, 5.41) is 5.48. The van der Waals surface area contributed by atoms with Crippen molar-refractivity contribution in [2.75, 3.05) is 25.9 Å². The van der Waals surface area contributed by atoms with Crippen molar-refractivity contribution in [2.45, 2.75) is 39.2 Å². The molecule has 2 N–H and O–H groups in total. The Morgan fingerprint density at radius 3 is 2.68 bits per heavy atom. The number of halogens is 1. The highest BCUT2D eigenvalue weighted by Crippen LogP contribution is 2.28. The number of nitrogens with zero attached hydrogens (tertiary/aromatic N) is 5. The summed E-state index contributed by atoms with van der Waals surface area (Å²) in [6, 6.07) is 10.5. The Labute approximate surface area is 215 Å². The van der Waals surface area contributed by atoms with Gasteiger partial charge < -0.3 is 10.6 Å². The summed E-state index contributed by atoms with van der Waals surface area (Å²) in [7, 11) is 2.12. The second kappa shape index (κ2) is 10.1. The zero-order valence-corrected chi connectivity index (χ0v) is 21.3. The zero-order chi connectivity index (χ0) is 26.1. The normalized spacial score (nSPS) is 14.5. The van der Waals surface area contributed by atoms with E-state index in [1.807, 2.05) is 36.7 Å². The average molecular weight is 497 g/mol. The molecule has 0 unspecified atom stereocenters. The third kappa shape index (κ3) is 5.09. The molecule has 1 aliphatic rings. The van der Waals surface area contributed by atoms with Crippen LogP contribution in [0, 0.1) is 31.5 Å².